The normalized spacial score (nSPS) is 22.0. The second-order valence-electron chi connectivity index (χ2n) is 3.38. The fraction of sp³-hybridized carbons (Fsp3) is 0.556. The Balaban J connectivity index is 1.97. The van der Waals surface area contributed by atoms with Gasteiger partial charge in [0, 0.05) is 13.2 Å². The summed E-state index contributed by atoms with van der Waals surface area (Å²) in [6, 6.07) is 3.72. The molecule has 1 fully saturated rings. The molecule has 1 aromatic heterocycles. The van der Waals surface area contributed by atoms with Crippen LogP contribution < -0.4 is 5.73 Å². The maximum absolute atomic E-state index is 5.44. The van der Waals surface area contributed by atoms with Gasteiger partial charge in [0.05, 0.1) is 5.69 Å². The first-order valence-electron chi connectivity index (χ1n) is 4.50. The first kappa shape index (κ1) is 8.44. The summed E-state index contributed by atoms with van der Waals surface area (Å²) in [6.07, 6.45) is 2.08. The molecule has 1 aromatic rings. The lowest BCUT2D eigenvalue weighted by molar-refractivity contribution is 0.185. The lowest BCUT2D eigenvalue weighted by Gasteiger charge is -2.05. The monoisotopic (exact) mass is 179 g/mol. The van der Waals surface area contributed by atoms with Crippen LogP contribution in [0, 0.1) is 5.92 Å². The van der Waals surface area contributed by atoms with Gasteiger partial charge in [0.1, 0.15) is 5.82 Å². The number of nitrogen functional groups attached to an aromatic ring is 1. The van der Waals surface area contributed by atoms with Crippen LogP contribution in [-0.4, -0.2) is 23.4 Å². The highest BCUT2D eigenvalue weighted by Crippen LogP contribution is 2.16. The molecule has 0 aliphatic carbocycles. The molecule has 1 aliphatic rings. The number of hydrogen-bond acceptors (Lipinski definition) is 4. The summed E-state index contributed by atoms with van der Waals surface area (Å²) < 4.78 is 5.28. The van der Waals surface area contributed by atoms with Crippen LogP contribution in [0.2, 0.25) is 0 Å². The van der Waals surface area contributed by atoms with Crippen LogP contribution in [0.4, 0.5) is 5.82 Å². The zero-order chi connectivity index (χ0) is 9.10. The Hall–Kier alpha value is -1.16. The Labute approximate surface area is 77.1 Å². The molecular weight excluding hydrogens is 166 g/mol. The number of rotatable bonds is 2. The average Bonchev–Trinajstić information content (AvgIpc) is 2.62. The number of hydrogen-bond donors (Lipinski definition) is 1. The first-order chi connectivity index (χ1) is 6.34. The molecule has 1 saturated heterocycles. The molecule has 0 amide bonds. The van der Waals surface area contributed by atoms with E-state index in [0.717, 1.165) is 31.7 Å². The van der Waals surface area contributed by atoms with E-state index in [9.17, 15) is 0 Å². The first-order valence-corrected chi connectivity index (χ1v) is 4.50. The van der Waals surface area contributed by atoms with Crippen molar-refractivity contribution in [1.82, 2.24) is 10.2 Å². The summed E-state index contributed by atoms with van der Waals surface area (Å²) in [6.45, 7) is 1.74. The summed E-state index contributed by atoms with van der Waals surface area (Å²) in [5.74, 6) is 1.09. The molecule has 0 bridgehead atoms. The third-order valence-corrected chi connectivity index (χ3v) is 2.26. The zero-order valence-electron chi connectivity index (χ0n) is 7.44. The molecular formula is C9H13N3O. The summed E-state index contributed by atoms with van der Waals surface area (Å²) in [4.78, 5) is 0. The molecule has 1 atom stereocenters. The molecule has 0 radical (unpaired) electrons. The van der Waals surface area contributed by atoms with Crippen LogP contribution in [0.1, 0.15) is 12.1 Å². The van der Waals surface area contributed by atoms with Gasteiger partial charge in [-0.1, -0.05) is 0 Å². The van der Waals surface area contributed by atoms with Gasteiger partial charge in [0.15, 0.2) is 0 Å². The van der Waals surface area contributed by atoms with Gasteiger partial charge in [0.2, 0.25) is 0 Å². The van der Waals surface area contributed by atoms with Crippen molar-refractivity contribution < 1.29 is 4.74 Å². The third kappa shape index (κ3) is 2.15. The second-order valence-corrected chi connectivity index (χ2v) is 3.38. The van der Waals surface area contributed by atoms with Crippen molar-refractivity contribution in [3.05, 3.63) is 17.8 Å². The second kappa shape index (κ2) is 3.70. The van der Waals surface area contributed by atoms with Crippen LogP contribution in [0.15, 0.2) is 12.1 Å². The smallest absolute Gasteiger partial charge is 0.146 e. The Morgan fingerprint density at radius 3 is 3.00 bits per heavy atom. The van der Waals surface area contributed by atoms with Crippen LogP contribution in [0.3, 0.4) is 0 Å². The molecule has 0 spiro atoms. The Morgan fingerprint density at radius 1 is 1.46 bits per heavy atom. The summed E-state index contributed by atoms with van der Waals surface area (Å²) >= 11 is 0. The largest absolute Gasteiger partial charge is 0.382 e. The lowest BCUT2D eigenvalue weighted by Crippen LogP contribution is -2.06. The van der Waals surface area contributed by atoms with Crippen LogP contribution in [-0.2, 0) is 11.2 Å². The average molecular weight is 179 g/mol. The van der Waals surface area contributed by atoms with E-state index in [1.807, 2.05) is 6.07 Å². The van der Waals surface area contributed by atoms with E-state index in [2.05, 4.69) is 10.2 Å². The van der Waals surface area contributed by atoms with E-state index in [1.165, 1.54) is 0 Å². The van der Waals surface area contributed by atoms with Crippen molar-refractivity contribution in [1.29, 1.82) is 0 Å². The van der Waals surface area contributed by atoms with Gasteiger partial charge in [-0.05, 0) is 30.9 Å². The number of nitrogens with two attached hydrogens (primary N) is 1. The summed E-state index contributed by atoms with van der Waals surface area (Å²) in [5, 5.41) is 7.82. The highest BCUT2D eigenvalue weighted by molar-refractivity contribution is 5.25. The van der Waals surface area contributed by atoms with Crippen molar-refractivity contribution in [3.63, 3.8) is 0 Å². The minimum atomic E-state index is 0.478. The van der Waals surface area contributed by atoms with Crippen molar-refractivity contribution >= 4 is 5.82 Å². The maximum atomic E-state index is 5.44. The van der Waals surface area contributed by atoms with Crippen molar-refractivity contribution in [3.8, 4) is 0 Å². The van der Waals surface area contributed by atoms with Crippen LogP contribution in [0.25, 0.3) is 0 Å². The number of anilines is 1. The summed E-state index contributed by atoms with van der Waals surface area (Å²) in [5.41, 5.74) is 6.44. The quantitative estimate of drug-likeness (QED) is 0.723. The minimum Gasteiger partial charge on any atom is -0.382 e. The Kier molecular flexibility index (Phi) is 2.40. The van der Waals surface area contributed by atoms with E-state index in [4.69, 9.17) is 10.5 Å². The lowest BCUT2D eigenvalue weighted by atomic mass is 10.0. The molecule has 0 saturated carbocycles. The highest BCUT2D eigenvalue weighted by Gasteiger charge is 2.16. The van der Waals surface area contributed by atoms with E-state index >= 15 is 0 Å². The van der Waals surface area contributed by atoms with Gasteiger partial charge in [-0.15, -0.1) is 5.10 Å². The topological polar surface area (TPSA) is 61.0 Å². The van der Waals surface area contributed by atoms with E-state index in [0.29, 0.717) is 11.7 Å². The van der Waals surface area contributed by atoms with Crippen molar-refractivity contribution in [2.75, 3.05) is 18.9 Å². The molecule has 2 heterocycles. The van der Waals surface area contributed by atoms with Gasteiger partial charge in [0.25, 0.3) is 0 Å². The predicted octanol–water partition coefficient (Wildman–Crippen LogP) is 0.638. The molecule has 2 N–H and O–H groups in total. The standard InChI is InChI=1S/C9H13N3O/c10-9-2-1-8(11-12-9)5-7-3-4-13-6-7/h1-2,7H,3-6H2,(H2,10,12). The third-order valence-electron chi connectivity index (χ3n) is 2.26. The van der Waals surface area contributed by atoms with Crippen molar-refractivity contribution in [2.45, 2.75) is 12.8 Å². The number of aromatic nitrogens is 2. The Morgan fingerprint density at radius 2 is 2.38 bits per heavy atom. The molecule has 2 rings (SSSR count). The molecule has 4 nitrogen and oxygen atoms in total. The Bertz CT molecular complexity index is 267. The maximum Gasteiger partial charge on any atom is 0.146 e. The minimum absolute atomic E-state index is 0.478. The van der Waals surface area contributed by atoms with Crippen LogP contribution >= 0.6 is 0 Å². The fourth-order valence-electron chi connectivity index (χ4n) is 1.52. The van der Waals surface area contributed by atoms with Gasteiger partial charge in [-0.2, -0.15) is 5.10 Å². The number of ether oxygens (including phenoxy) is 1. The van der Waals surface area contributed by atoms with Crippen LogP contribution in [0.5, 0.6) is 0 Å². The summed E-state index contributed by atoms with van der Waals surface area (Å²) in [7, 11) is 0. The van der Waals surface area contributed by atoms with E-state index in [-0.39, 0.29) is 0 Å². The molecule has 0 aromatic carbocycles. The predicted molar refractivity (Wildman–Crippen MR) is 49.1 cm³/mol. The van der Waals surface area contributed by atoms with Gasteiger partial charge in [-0.25, -0.2) is 0 Å². The van der Waals surface area contributed by atoms with Gasteiger partial charge < -0.3 is 10.5 Å². The molecule has 13 heavy (non-hydrogen) atoms. The van der Waals surface area contributed by atoms with Gasteiger partial charge in [-0.3, -0.25) is 0 Å². The molecule has 4 heteroatoms. The molecule has 1 aliphatic heterocycles. The number of nitrogens with zero attached hydrogens (tertiary/aromatic N) is 2. The van der Waals surface area contributed by atoms with E-state index < -0.39 is 0 Å². The fourth-order valence-corrected chi connectivity index (χ4v) is 1.52. The highest BCUT2D eigenvalue weighted by atomic mass is 16.5. The molecule has 70 valence electrons. The molecule has 1 unspecified atom stereocenters. The van der Waals surface area contributed by atoms with Crippen molar-refractivity contribution in [2.24, 2.45) is 5.92 Å². The SMILES string of the molecule is Nc1ccc(CC2CCOC2)nn1. The van der Waals surface area contributed by atoms with Gasteiger partial charge >= 0.3 is 0 Å². The zero-order valence-corrected chi connectivity index (χ0v) is 7.44. The van der Waals surface area contributed by atoms with E-state index in [1.54, 1.807) is 6.07 Å².